The number of rotatable bonds is 4. The maximum absolute atomic E-state index is 11.4. The van der Waals surface area contributed by atoms with Crippen LogP contribution >= 0.6 is 47.0 Å². The minimum Gasteiger partial charge on any atom is -0.258 e. The van der Waals surface area contributed by atoms with Gasteiger partial charge in [0.15, 0.2) is 0 Å². The molecule has 0 spiro atoms. The van der Waals surface area contributed by atoms with E-state index in [0.717, 1.165) is 0 Å². The largest absolute Gasteiger partial charge is 0.276 e. The molecule has 3 nitrogen and oxygen atoms in total. The van der Waals surface area contributed by atoms with E-state index in [9.17, 15) is 10.1 Å². The van der Waals surface area contributed by atoms with Crippen molar-refractivity contribution in [2.24, 2.45) is 0 Å². The van der Waals surface area contributed by atoms with Crippen molar-refractivity contribution in [3.05, 3.63) is 126 Å². The van der Waals surface area contributed by atoms with Crippen LogP contribution in [0.4, 0.5) is 5.69 Å². The lowest BCUT2D eigenvalue weighted by Crippen LogP contribution is -2.17. The Balaban J connectivity index is 1.54. The Morgan fingerprint density at radius 2 is 1.25 bits per heavy atom. The minimum absolute atomic E-state index is 0.127. The van der Waals surface area contributed by atoms with E-state index in [1.807, 2.05) is 18.2 Å². The van der Waals surface area contributed by atoms with Gasteiger partial charge < -0.3 is 0 Å². The van der Waals surface area contributed by atoms with Crippen LogP contribution in [-0.4, -0.2) is 4.92 Å². The van der Waals surface area contributed by atoms with Crippen molar-refractivity contribution in [2.75, 3.05) is 0 Å². The third-order valence-electron chi connectivity index (χ3n) is 6.09. The van der Waals surface area contributed by atoms with E-state index in [1.54, 1.807) is 65.2 Å². The molecule has 0 unspecified atom stereocenters. The fraction of sp³-hybridized carbons (Fsp3) is 0.0345. The second kappa shape index (κ2) is 10.3. The third kappa shape index (κ3) is 4.41. The van der Waals surface area contributed by atoms with Crippen LogP contribution in [0.2, 0.25) is 0 Å². The highest BCUT2D eigenvalue weighted by Gasteiger charge is 2.16. The Labute approximate surface area is 225 Å². The van der Waals surface area contributed by atoms with Crippen LogP contribution in [0.15, 0.2) is 94.4 Å². The zero-order valence-corrected chi connectivity index (χ0v) is 22.2. The van der Waals surface area contributed by atoms with Gasteiger partial charge in [-0.2, -0.15) is 0 Å². The Bertz CT molecular complexity index is 1730. The van der Waals surface area contributed by atoms with Gasteiger partial charge in [-0.3, -0.25) is 10.1 Å². The molecule has 4 aromatic rings. The number of nitro benzene ring substituents is 1. The lowest BCUT2D eigenvalue weighted by molar-refractivity contribution is -0.385. The number of hydrogen-bond donors (Lipinski definition) is 0. The van der Waals surface area contributed by atoms with E-state index in [1.165, 1.54) is 46.0 Å². The Kier molecular flexibility index (Phi) is 6.71. The molecule has 0 bridgehead atoms. The van der Waals surface area contributed by atoms with E-state index in [2.05, 4.69) is 64.1 Å². The zero-order valence-electron chi connectivity index (χ0n) is 18.9. The first-order valence-corrected chi connectivity index (χ1v) is 14.8. The van der Waals surface area contributed by atoms with Crippen LogP contribution in [0, 0.1) is 10.1 Å². The first kappa shape index (κ1) is 23.6. The SMILES string of the molecule is O=[N+]([O-])c1ccccc1/C=C/Cc1ccc2c(=C3SC=CS3)c3ccccc3c(=C3SC=CS3)c2c1. The highest BCUT2D eigenvalue weighted by Crippen LogP contribution is 2.41. The summed E-state index contributed by atoms with van der Waals surface area (Å²) in [6, 6.07) is 22.3. The number of nitrogens with zero attached hydrogens (tertiary/aromatic N) is 1. The molecule has 0 aromatic heterocycles. The fourth-order valence-electron chi connectivity index (χ4n) is 4.56. The van der Waals surface area contributed by atoms with Crippen LogP contribution in [0.5, 0.6) is 0 Å². The van der Waals surface area contributed by atoms with Gasteiger partial charge in [-0.1, -0.05) is 114 Å². The van der Waals surface area contributed by atoms with Gasteiger partial charge in [-0.15, -0.1) is 0 Å². The summed E-state index contributed by atoms with van der Waals surface area (Å²) >= 11 is 7.13. The summed E-state index contributed by atoms with van der Waals surface area (Å²) in [4.78, 5) is 11.0. The zero-order chi connectivity index (χ0) is 24.5. The standard InChI is InChI=1S/C29H19NO2S4/c31-30(32)25-11-4-1-7-20(25)8-5-6-19-12-13-23-24(18-19)27(29-35-16-17-36-29)22-10-3-2-9-21(22)26(23)28-33-14-15-34-28/h1-5,7-18H,6H2/b8-5+. The quantitative estimate of drug-likeness (QED) is 0.147. The van der Waals surface area contributed by atoms with E-state index in [0.29, 0.717) is 12.0 Å². The molecule has 0 amide bonds. The van der Waals surface area contributed by atoms with Gasteiger partial charge in [-0.05, 0) is 61.2 Å². The van der Waals surface area contributed by atoms with Gasteiger partial charge in [0.25, 0.3) is 5.69 Å². The number of allylic oxidation sites excluding steroid dienone is 1. The first-order valence-electron chi connectivity index (χ1n) is 11.3. The molecule has 7 heteroatoms. The average molecular weight is 542 g/mol. The molecule has 6 rings (SSSR count). The maximum atomic E-state index is 11.4. The highest BCUT2D eigenvalue weighted by atomic mass is 32.2. The summed E-state index contributed by atoms with van der Waals surface area (Å²) in [6.45, 7) is 0. The highest BCUT2D eigenvalue weighted by molar-refractivity contribution is 8.35. The number of thioether (sulfide) groups is 4. The minimum atomic E-state index is -0.331. The second-order valence-electron chi connectivity index (χ2n) is 8.19. The van der Waals surface area contributed by atoms with Gasteiger partial charge in [0.1, 0.15) is 0 Å². The number of para-hydroxylation sites is 1. The molecule has 2 aliphatic rings. The smallest absolute Gasteiger partial charge is 0.258 e. The summed E-state index contributed by atoms with van der Waals surface area (Å²) in [5.41, 5.74) is 1.93. The molecule has 0 radical (unpaired) electrons. The Morgan fingerprint density at radius 3 is 1.89 bits per heavy atom. The average Bonchev–Trinajstić information content (AvgIpc) is 3.62. The predicted molar refractivity (Wildman–Crippen MR) is 162 cm³/mol. The molecule has 0 fully saturated rings. The van der Waals surface area contributed by atoms with Crippen molar-refractivity contribution in [2.45, 2.75) is 6.42 Å². The number of nitro groups is 1. The molecule has 0 N–H and O–H groups in total. The number of fused-ring (bicyclic) bond motifs is 2. The van der Waals surface area contributed by atoms with Crippen molar-refractivity contribution >= 4 is 88.8 Å². The number of benzene rings is 4. The summed E-state index contributed by atoms with van der Waals surface area (Å²) in [5, 5.41) is 27.6. The fourth-order valence-corrected chi connectivity index (χ4v) is 8.40. The molecule has 0 aliphatic carbocycles. The molecule has 2 heterocycles. The van der Waals surface area contributed by atoms with Crippen LogP contribution in [0.3, 0.4) is 0 Å². The molecular weight excluding hydrogens is 523 g/mol. The first-order chi connectivity index (χ1) is 17.7. The van der Waals surface area contributed by atoms with Crippen molar-refractivity contribution in [1.82, 2.24) is 0 Å². The second-order valence-corrected chi connectivity index (χ2v) is 12.4. The Morgan fingerprint density at radius 1 is 0.694 bits per heavy atom. The van der Waals surface area contributed by atoms with Crippen LogP contribution < -0.4 is 10.4 Å². The van der Waals surface area contributed by atoms with Gasteiger partial charge in [0, 0.05) is 16.5 Å². The summed E-state index contributed by atoms with van der Waals surface area (Å²) in [7, 11) is 0. The number of hydrogen-bond acceptors (Lipinski definition) is 6. The van der Waals surface area contributed by atoms with Gasteiger partial charge >= 0.3 is 0 Å². The lowest BCUT2D eigenvalue weighted by atomic mass is 9.96. The van der Waals surface area contributed by atoms with Gasteiger partial charge in [0.2, 0.25) is 0 Å². The lowest BCUT2D eigenvalue weighted by Gasteiger charge is -2.12. The molecule has 36 heavy (non-hydrogen) atoms. The molecular formula is C29H19NO2S4. The van der Waals surface area contributed by atoms with Crippen LogP contribution in [-0.2, 0) is 6.42 Å². The van der Waals surface area contributed by atoms with Crippen molar-refractivity contribution < 1.29 is 4.92 Å². The van der Waals surface area contributed by atoms with E-state index in [-0.39, 0.29) is 10.6 Å². The molecule has 2 aliphatic heterocycles. The van der Waals surface area contributed by atoms with Crippen LogP contribution in [0.25, 0.3) is 36.1 Å². The third-order valence-corrected chi connectivity index (χ3v) is 10.4. The summed E-state index contributed by atoms with van der Waals surface area (Å²) in [5.74, 6) is 0. The molecule has 0 saturated carbocycles. The maximum Gasteiger partial charge on any atom is 0.276 e. The normalized spacial score (nSPS) is 15.2. The monoisotopic (exact) mass is 541 g/mol. The van der Waals surface area contributed by atoms with Gasteiger partial charge in [0.05, 0.1) is 19.0 Å². The molecule has 0 atom stereocenters. The predicted octanol–water partition coefficient (Wildman–Crippen LogP) is 8.19. The van der Waals surface area contributed by atoms with E-state index < -0.39 is 0 Å². The van der Waals surface area contributed by atoms with Gasteiger partial charge in [-0.25, -0.2) is 0 Å². The van der Waals surface area contributed by atoms with Crippen LogP contribution in [0.1, 0.15) is 11.1 Å². The topological polar surface area (TPSA) is 43.1 Å². The van der Waals surface area contributed by atoms with E-state index >= 15 is 0 Å². The van der Waals surface area contributed by atoms with Crippen molar-refractivity contribution in [1.29, 1.82) is 0 Å². The summed E-state index contributed by atoms with van der Waals surface area (Å²) < 4.78 is 2.60. The van der Waals surface area contributed by atoms with Crippen molar-refractivity contribution in [3.8, 4) is 0 Å². The van der Waals surface area contributed by atoms with Crippen molar-refractivity contribution in [3.63, 3.8) is 0 Å². The summed E-state index contributed by atoms with van der Waals surface area (Å²) in [6.07, 6.45) is 4.56. The van der Waals surface area contributed by atoms with E-state index in [4.69, 9.17) is 0 Å². The molecule has 176 valence electrons. The Hall–Kier alpha value is -2.84. The molecule has 0 saturated heterocycles. The molecule has 4 aromatic carbocycles.